The van der Waals surface area contributed by atoms with Crippen LogP contribution in [0, 0.1) is 0 Å². The first kappa shape index (κ1) is 40.6. The molecule has 3 nitrogen and oxygen atoms in total. The molecule has 0 heterocycles. The average molecular weight is 623 g/mol. The third-order valence-corrected chi connectivity index (χ3v) is 9.91. The summed E-state index contributed by atoms with van der Waals surface area (Å²) in [5.41, 5.74) is 2.44. The standard InChI is InChI=1S/C38H64O3S.Na/c1-3-5-7-9-11-13-15-17-19-21-23-25-27-34-29-31-36-37(33-34)35(30-32-38(36)42(39,40)41)28-26-24-22-20-18-16-14-12-10-8-6-4-2;/h29-33H,3-28H2,1-2H3,(H,39,40,41);/q;+1/p-1. The maximum atomic E-state index is 12.0. The summed E-state index contributed by atoms with van der Waals surface area (Å²) < 4.78 is 35.9. The monoisotopic (exact) mass is 622 g/mol. The minimum absolute atomic E-state index is 0. The Morgan fingerprint density at radius 3 is 1.30 bits per heavy atom. The van der Waals surface area contributed by atoms with Gasteiger partial charge >= 0.3 is 29.6 Å². The van der Waals surface area contributed by atoms with Gasteiger partial charge in [0.2, 0.25) is 0 Å². The van der Waals surface area contributed by atoms with Crippen LogP contribution in [0.1, 0.15) is 179 Å². The van der Waals surface area contributed by atoms with E-state index in [4.69, 9.17) is 0 Å². The normalized spacial score (nSPS) is 11.7. The van der Waals surface area contributed by atoms with Crippen LogP contribution in [0.5, 0.6) is 0 Å². The van der Waals surface area contributed by atoms with Gasteiger partial charge in [-0.05, 0) is 53.6 Å². The van der Waals surface area contributed by atoms with E-state index in [0.29, 0.717) is 5.39 Å². The molecule has 0 atom stereocenters. The summed E-state index contributed by atoms with van der Waals surface area (Å²) in [7, 11) is -4.50. The van der Waals surface area contributed by atoms with Gasteiger partial charge in [-0.3, -0.25) is 0 Å². The zero-order chi connectivity index (χ0) is 30.3. The maximum absolute atomic E-state index is 12.0. The average Bonchev–Trinajstić information content (AvgIpc) is 2.97. The Kier molecular flexibility index (Phi) is 24.3. The smallest absolute Gasteiger partial charge is 0.744 e. The van der Waals surface area contributed by atoms with E-state index in [0.717, 1.165) is 31.1 Å². The molecule has 43 heavy (non-hydrogen) atoms. The minimum Gasteiger partial charge on any atom is -0.744 e. The Balaban J connectivity index is 0.00000924. The Morgan fingerprint density at radius 2 is 0.884 bits per heavy atom. The third-order valence-electron chi connectivity index (χ3n) is 9.02. The summed E-state index contributed by atoms with van der Waals surface area (Å²) in [6.07, 6.45) is 33.9. The Labute approximate surface area is 288 Å². The molecule has 0 saturated heterocycles. The summed E-state index contributed by atoms with van der Waals surface area (Å²) in [5.74, 6) is 0. The molecule has 0 saturated carbocycles. The van der Waals surface area contributed by atoms with Crippen LogP contribution in [0.15, 0.2) is 35.2 Å². The second-order valence-electron chi connectivity index (χ2n) is 12.8. The van der Waals surface area contributed by atoms with E-state index in [1.807, 2.05) is 18.2 Å². The number of aryl methyl sites for hydroxylation is 2. The molecule has 0 bridgehead atoms. The van der Waals surface area contributed by atoms with Crippen LogP contribution in [0.4, 0.5) is 0 Å². The van der Waals surface area contributed by atoms with Crippen molar-refractivity contribution in [3.05, 3.63) is 41.5 Å². The zero-order valence-corrected chi connectivity index (χ0v) is 31.2. The fraction of sp³-hybridized carbons (Fsp3) is 0.737. The van der Waals surface area contributed by atoms with Gasteiger partial charge in [0.25, 0.3) is 0 Å². The largest absolute Gasteiger partial charge is 1.00 e. The molecule has 5 heteroatoms. The molecule has 0 aliphatic carbocycles. The number of unbranched alkanes of at least 4 members (excludes halogenated alkanes) is 22. The van der Waals surface area contributed by atoms with E-state index in [1.165, 1.54) is 158 Å². The van der Waals surface area contributed by atoms with Gasteiger partial charge in [-0.25, -0.2) is 8.42 Å². The van der Waals surface area contributed by atoms with E-state index in [9.17, 15) is 13.0 Å². The van der Waals surface area contributed by atoms with Gasteiger partial charge in [-0.1, -0.05) is 179 Å². The molecule has 240 valence electrons. The number of fused-ring (bicyclic) bond motifs is 1. The van der Waals surface area contributed by atoms with Gasteiger partial charge in [0.15, 0.2) is 0 Å². The fourth-order valence-electron chi connectivity index (χ4n) is 6.35. The SMILES string of the molecule is CCCCCCCCCCCCCCc1ccc2c(S(=O)(=O)[O-])ccc(CCCCCCCCCCCCCC)c2c1.[Na+]. The first-order valence-corrected chi connectivity index (χ1v) is 19.4. The molecular weight excluding hydrogens is 559 g/mol. The molecule has 0 N–H and O–H groups in total. The molecule has 2 rings (SSSR count). The molecule has 0 spiro atoms. The van der Waals surface area contributed by atoms with Gasteiger partial charge in [-0.15, -0.1) is 0 Å². The van der Waals surface area contributed by atoms with Crippen molar-refractivity contribution in [2.45, 2.75) is 186 Å². The van der Waals surface area contributed by atoms with Crippen molar-refractivity contribution in [3.8, 4) is 0 Å². The van der Waals surface area contributed by atoms with E-state index < -0.39 is 10.1 Å². The van der Waals surface area contributed by atoms with Crippen molar-refractivity contribution in [2.75, 3.05) is 0 Å². The van der Waals surface area contributed by atoms with Crippen LogP contribution in [0.2, 0.25) is 0 Å². The summed E-state index contributed by atoms with van der Waals surface area (Å²) in [5, 5.41) is 1.56. The first-order valence-electron chi connectivity index (χ1n) is 18.0. The van der Waals surface area contributed by atoms with Crippen molar-refractivity contribution in [3.63, 3.8) is 0 Å². The second-order valence-corrected chi connectivity index (χ2v) is 14.2. The van der Waals surface area contributed by atoms with Crippen LogP contribution in [-0.2, 0) is 23.0 Å². The third kappa shape index (κ3) is 18.4. The van der Waals surface area contributed by atoms with Crippen LogP contribution in [0.25, 0.3) is 10.8 Å². The molecule has 0 aliphatic heterocycles. The number of benzene rings is 2. The van der Waals surface area contributed by atoms with Crippen molar-refractivity contribution >= 4 is 20.9 Å². The minimum atomic E-state index is -4.50. The number of hydrogen-bond donors (Lipinski definition) is 0. The second kappa shape index (κ2) is 25.8. The van der Waals surface area contributed by atoms with Crippen molar-refractivity contribution in [1.82, 2.24) is 0 Å². The molecule has 2 aromatic rings. The van der Waals surface area contributed by atoms with E-state index in [-0.39, 0.29) is 34.5 Å². The fourth-order valence-corrected chi connectivity index (χ4v) is 7.03. The van der Waals surface area contributed by atoms with Gasteiger partial charge in [0.1, 0.15) is 10.1 Å². The number of hydrogen-bond acceptors (Lipinski definition) is 3. The van der Waals surface area contributed by atoms with Gasteiger partial charge in [0.05, 0.1) is 4.90 Å². The van der Waals surface area contributed by atoms with Crippen LogP contribution in [0.3, 0.4) is 0 Å². The molecule has 0 fully saturated rings. The van der Waals surface area contributed by atoms with Crippen molar-refractivity contribution in [2.24, 2.45) is 0 Å². The summed E-state index contributed by atoms with van der Waals surface area (Å²) in [6, 6.07) is 9.49. The zero-order valence-electron chi connectivity index (χ0n) is 28.4. The Hall–Kier alpha value is -0.390. The Morgan fingerprint density at radius 1 is 0.488 bits per heavy atom. The van der Waals surface area contributed by atoms with E-state index in [2.05, 4.69) is 19.9 Å². The van der Waals surface area contributed by atoms with Crippen LogP contribution in [-0.4, -0.2) is 13.0 Å². The topological polar surface area (TPSA) is 57.2 Å². The van der Waals surface area contributed by atoms with Crippen molar-refractivity contribution < 1.29 is 42.5 Å². The van der Waals surface area contributed by atoms with Gasteiger partial charge in [0, 0.05) is 0 Å². The summed E-state index contributed by atoms with van der Waals surface area (Å²) in [4.78, 5) is -0.0761. The molecule has 0 aromatic heterocycles. The van der Waals surface area contributed by atoms with Crippen molar-refractivity contribution in [1.29, 1.82) is 0 Å². The quantitative estimate of drug-likeness (QED) is 0.0567. The molecule has 2 aromatic carbocycles. The molecule has 0 unspecified atom stereocenters. The predicted molar refractivity (Wildman–Crippen MR) is 181 cm³/mol. The van der Waals surface area contributed by atoms with Crippen LogP contribution >= 0.6 is 0 Å². The maximum Gasteiger partial charge on any atom is 1.00 e. The summed E-state index contributed by atoms with van der Waals surface area (Å²) in [6.45, 7) is 4.54. The molecular formula is C38H63NaO3S. The van der Waals surface area contributed by atoms with E-state index in [1.54, 1.807) is 0 Å². The summed E-state index contributed by atoms with van der Waals surface area (Å²) >= 11 is 0. The van der Waals surface area contributed by atoms with E-state index >= 15 is 0 Å². The van der Waals surface area contributed by atoms with Gasteiger partial charge < -0.3 is 4.55 Å². The first-order chi connectivity index (χ1) is 20.5. The molecule has 0 radical (unpaired) electrons. The van der Waals surface area contributed by atoms with Crippen LogP contribution < -0.4 is 29.6 Å². The predicted octanol–water partition coefficient (Wildman–Crippen LogP) is 9.24. The molecule has 0 aliphatic rings. The van der Waals surface area contributed by atoms with Gasteiger partial charge in [-0.2, -0.15) is 0 Å². The molecule has 0 amide bonds. The Bertz CT molecular complexity index is 1070. The number of rotatable bonds is 27.